The van der Waals surface area contributed by atoms with Crippen LogP contribution in [0.5, 0.6) is 11.5 Å². The van der Waals surface area contributed by atoms with E-state index >= 15 is 0 Å². The molecule has 3 aromatic carbocycles. The second-order valence-corrected chi connectivity index (χ2v) is 8.90. The number of carbonyl (C=O) groups is 1. The van der Waals surface area contributed by atoms with Gasteiger partial charge in [0.25, 0.3) is 0 Å². The highest BCUT2D eigenvalue weighted by Crippen LogP contribution is 2.46. The number of rotatable bonds is 5. The van der Waals surface area contributed by atoms with Crippen molar-refractivity contribution in [1.29, 1.82) is 0 Å². The van der Waals surface area contributed by atoms with Gasteiger partial charge in [0.2, 0.25) is 0 Å². The Morgan fingerprint density at radius 2 is 1.23 bits per heavy atom. The van der Waals surface area contributed by atoms with Crippen molar-refractivity contribution in [2.75, 3.05) is 14.2 Å². The fourth-order valence-corrected chi connectivity index (χ4v) is 4.50. The van der Waals surface area contributed by atoms with Crippen LogP contribution in [0.3, 0.4) is 0 Å². The molecule has 0 amide bonds. The molecule has 0 aromatic heterocycles. The summed E-state index contributed by atoms with van der Waals surface area (Å²) in [5, 5.41) is 0. The van der Waals surface area contributed by atoms with Gasteiger partial charge in [-0.3, -0.25) is 4.79 Å². The maximum absolute atomic E-state index is 12.4. The molecule has 2 fully saturated rings. The van der Waals surface area contributed by atoms with E-state index in [1.165, 1.54) is 19.3 Å². The van der Waals surface area contributed by atoms with E-state index in [0.29, 0.717) is 0 Å². The molecular formula is C31H38O4. The molecule has 5 rings (SSSR count). The van der Waals surface area contributed by atoms with Gasteiger partial charge in [-0.25, -0.2) is 0 Å². The Balaban J connectivity index is 0.000000199. The first-order valence-corrected chi connectivity index (χ1v) is 12.7. The number of para-hydroxylation sites is 2. The van der Waals surface area contributed by atoms with Gasteiger partial charge in [0.1, 0.15) is 17.6 Å². The van der Waals surface area contributed by atoms with Gasteiger partial charge < -0.3 is 14.2 Å². The highest BCUT2D eigenvalue weighted by molar-refractivity contribution is 5.75. The van der Waals surface area contributed by atoms with E-state index in [0.717, 1.165) is 42.7 Å². The fourth-order valence-electron chi connectivity index (χ4n) is 4.50. The minimum absolute atomic E-state index is 0.00376. The molecule has 0 spiro atoms. The molecule has 4 heteroatoms. The van der Waals surface area contributed by atoms with Crippen LogP contribution >= 0.6 is 0 Å². The van der Waals surface area contributed by atoms with Gasteiger partial charge >= 0.3 is 5.97 Å². The van der Waals surface area contributed by atoms with Crippen LogP contribution in [0, 0.1) is 5.92 Å². The molecule has 0 N–H and O–H groups in total. The lowest BCUT2D eigenvalue weighted by Crippen LogP contribution is -2.35. The fraction of sp³-hybridized carbons (Fsp3) is 0.387. The molecule has 186 valence electrons. The predicted molar refractivity (Wildman–Crippen MR) is 141 cm³/mol. The third-order valence-electron chi connectivity index (χ3n) is 6.60. The maximum Gasteiger partial charge on any atom is 0.309 e. The lowest BCUT2D eigenvalue weighted by molar-refractivity contribution is -0.159. The number of benzene rings is 3. The molecule has 0 heterocycles. The zero-order valence-corrected chi connectivity index (χ0v) is 21.0. The van der Waals surface area contributed by atoms with Crippen LogP contribution in [-0.4, -0.2) is 26.3 Å². The van der Waals surface area contributed by atoms with Crippen LogP contribution in [0.15, 0.2) is 91.0 Å². The van der Waals surface area contributed by atoms with Crippen LogP contribution in [0.25, 0.3) is 0 Å². The standard InChI is InChI=1S/C18H24O3.C7H8O.C6H6/c1-20-17-10-6-5-9-15(17)14-11-12-16(14)18(19)21-13-7-3-2-4-8-13;1-8-7-5-3-2-4-6-7;1-2-4-6-5-3-1/h5-6,9-10,13-14,16H,2-4,7-8,11-12H2,1H3;2-6H,1H3;1-6H/t14?,16-;;/m1../s1. The largest absolute Gasteiger partial charge is 0.497 e. The molecule has 0 saturated heterocycles. The lowest BCUT2D eigenvalue weighted by atomic mass is 9.69. The smallest absolute Gasteiger partial charge is 0.309 e. The number of hydrogen-bond acceptors (Lipinski definition) is 4. The van der Waals surface area contributed by atoms with E-state index in [1.807, 2.05) is 84.9 Å². The van der Waals surface area contributed by atoms with Gasteiger partial charge in [-0.1, -0.05) is 79.2 Å². The Bertz CT molecular complexity index is 941. The van der Waals surface area contributed by atoms with Crippen LogP contribution in [0.1, 0.15) is 56.4 Å². The van der Waals surface area contributed by atoms with Crippen LogP contribution in [0.4, 0.5) is 0 Å². The van der Waals surface area contributed by atoms with Crippen molar-refractivity contribution in [3.05, 3.63) is 96.6 Å². The molecular weight excluding hydrogens is 436 g/mol. The summed E-state index contributed by atoms with van der Waals surface area (Å²) in [7, 11) is 3.35. The molecule has 0 bridgehead atoms. The summed E-state index contributed by atoms with van der Waals surface area (Å²) in [6.07, 6.45) is 7.89. The second-order valence-electron chi connectivity index (χ2n) is 8.90. The molecule has 2 aliphatic carbocycles. The van der Waals surface area contributed by atoms with Crippen molar-refractivity contribution in [2.45, 2.75) is 57.0 Å². The van der Waals surface area contributed by atoms with Gasteiger partial charge in [0.15, 0.2) is 0 Å². The van der Waals surface area contributed by atoms with Crippen molar-refractivity contribution in [2.24, 2.45) is 5.92 Å². The van der Waals surface area contributed by atoms with Gasteiger partial charge in [0.05, 0.1) is 20.1 Å². The van der Waals surface area contributed by atoms with E-state index < -0.39 is 0 Å². The van der Waals surface area contributed by atoms with Crippen molar-refractivity contribution >= 4 is 5.97 Å². The summed E-state index contributed by atoms with van der Waals surface area (Å²) in [6, 6.07) is 29.7. The van der Waals surface area contributed by atoms with Crippen molar-refractivity contribution in [3.8, 4) is 11.5 Å². The number of methoxy groups -OCH3 is 2. The second kappa shape index (κ2) is 14.9. The average molecular weight is 475 g/mol. The monoisotopic (exact) mass is 474 g/mol. The van der Waals surface area contributed by atoms with Crippen LogP contribution < -0.4 is 9.47 Å². The van der Waals surface area contributed by atoms with Crippen LogP contribution in [0.2, 0.25) is 0 Å². The quantitative estimate of drug-likeness (QED) is 0.360. The molecule has 3 aromatic rings. The molecule has 4 nitrogen and oxygen atoms in total. The zero-order valence-electron chi connectivity index (χ0n) is 21.0. The summed E-state index contributed by atoms with van der Waals surface area (Å²) >= 11 is 0. The predicted octanol–water partition coefficient (Wildman–Crippen LogP) is 7.45. The number of ether oxygens (including phenoxy) is 3. The molecule has 2 saturated carbocycles. The first-order chi connectivity index (χ1) is 17.2. The summed E-state index contributed by atoms with van der Waals surface area (Å²) < 4.78 is 16.1. The molecule has 0 aliphatic heterocycles. The third kappa shape index (κ3) is 8.47. The Kier molecular flexibility index (Phi) is 11.2. The minimum Gasteiger partial charge on any atom is -0.497 e. The van der Waals surface area contributed by atoms with Crippen molar-refractivity contribution in [3.63, 3.8) is 0 Å². The molecule has 2 atom stereocenters. The summed E-state index contributed by atoms with van der Waals surface area (Å²) in [5.41, 5.74) is 1.15. The average Bonchev–Trinajstić information content (AvgIpc) is 2.91. The molecule has 2 aliphatic rings. The lowest BCUT2D eigenvalue weighted by Gasteiger charge is -2.37. The van der Waals surface area contributed by atoms with Gasteiger partial charge in [-0.15, -0.1) is 0 Å². The summed E-state index contributed by atoms with van der Waals surface area (Å²) in [4.78, 5) is 12.4. The Morgan fingerprint density at radius 1 is 0.657 bits per heavy atom. The summed E-state index contributed by atoms with van der Waals surface area (Å²) in [5.74, 6) is 2.08. The van der Waals surface area contributed by atoms with E-state index in [9.17, 15) is 4.79 Å². The number of hydrogen-bond donors (Lipinski definition) is 0. The van der Waals surface area contributed by atoms with Crippen molar-refractivity contribution in [1.82, 2.24) is 0 Å². The highest BCUT2D eigenvalue weighted by Gasteiger charge is 2.40. The number of esters is 1. The van der Waals surface area contributed by atoms with Crippen LogP contribution in [-0.2, 0) is 9.53 Å². The number of carbonyl (C=O) groups excluding carboxylic acids is 1. The highest BCUT2D eigenvalue weighted by atomic mass is 16.5. The Morgan fingerprint density at radius 3 is 1.74 bits per heavy atom. The van der Waals surface area contributed by atoms with Gasteiger partial charge in [0, 0.05) is 5.92 Å². The van der Waals surface area contributed by atoms with E-state index in [2.05, 4.69) is 6.07 Å². The Hall–Kier alpha value is -3.27. The molecule has 0 radical (unpaired) electrons. The third-order valence-corrected chi connectivity index (χ3v) is 6.60. The minimum atomic E-state index is 0.00376. The topological polar surface area (TPSA) is 44.8 Å². The first kappa shape index (κ1) is 26.3. The van der Waals surface area contributed by atoms with E-state index in [4.69, 9.17) is 14.2 Å². The molecule has 1 unspecified atom stereocenters. The Labute approximate surface area is 210 Å². The maximum atomic E-state index is 12.4. The summed E-state index contributed by atoms with van der Waals surface area (Å²) in [6.45, 7) is 0. The first-order valence-electron chi connectivity index (χ1n) is 12.7. The normalized spacial score (nSPS) is 18.9. The zero-order chi connectivity index (χ0) is 24.7. The van der Waals surface area contributed by atoms with Gasteiger partial charge in [-0.2, -0.15) is 0 Å². The van der Waals surface area contributed by atoms with Crippen molar-refractivity contribution < 1.29 is 19.0 Å². The van der Waals surface area contributed by atoms with E-state index in [-0.39, 0.29) is 23.9 Å². The van der Waals surface area contributed by atoms with E-state index in [1.54, 1.807) is 14.2 Å². The molecule has 35 heavy (non-hydrogen) atoms. The van der Waals surface area contributed by atoms with Gasteiger partial charge in [-0.05, 0) is 62.3 Å². The SMILES string of the molecule is COc1ccccc1.COc1ccccc1C1CC[C@H]1C(=O)OC1CCCCC1.c1ccccc1.